The highest BCUT2D eigenvalue weighted by atomic mass is 32.1. The molecule has 0 unspecified atom stereocenters. The Kier molecular flexibility index (Phi) is 5.49. The van der Waals surface area contributed by atoms with Gasteiger partial charge in [0.25, 0.3) is 0 Å². The van der Waals surface area contributed by atoms with Gasteiger partial charge in [-0.1, -0.05) is 60.7 Å². The number of amides is 2. The fraction of sp³-hybridized carbons (Fsp3) is 0.273. The van der Waals surface area contributed by atoms with Crippen LogP contribution in [0.4, 0.5) is 4.79 Å². The Bertz CT molecular complexity index is 871. The summed E-state index contributed by atoms with van der Waals surface area (Å²) in [4.78, 5) is 19.0. The lowest BCUT2D eigenvalue weighted by Crippen LogP contribution is -2.43. The van der Waals surface area contributed by atoms with Gasteiger partial charge in [0.15, 0.2) is 0 Å². The topological polar surface area (TPSA) is 45.2 Å². The Morgan fingerprint density at radius 3 is 2.41 bits per heavy atom. The van der Waals surface area contributed by atoms with Gasteiger partial charge in [-0.3, -0.25) is 0 Å². The van der Waals surface area contributed by atoms with E-state index in [4.69, 9.17) is 0 Å². The molecule has 0 aliphatic carbocycles. The van der Waals surface area contributed by atoms with E-state index in [-0.39, 0.29) is 6.03 Å². The second-order valence-corrected chi connectivity index (χ2v) is 7.77. The van der Waals surface area contributed by atoms with Gasteiger partial charge >= 0.3 is 6.03 Å². The number of urea groups is 1. The van der Waals surface area contributed by atoms with Crippen molar-refractivity contribution in [3.8, 4) is 11.3 Å². The molecule has 2 heterocycles. The van der Waals surface area contributed by atoms with Crippen LogP contribution in [0.1, 0.15) is 29.3 Å². The van der Waals surface area contributed by atoms with Crippen molar-refractivity contribution in [2.75, 3.05) is 13.1 Å². The van der Waals surface area contributed by atoms with Crippen LogP contribution in [-0.4, -0.2) is 29.0 Å². The highest BCUT2D eigenvalue weighted by Crippen LogP contribution is 2.27. The fourth-order valence-electron chi connectivity index (χ4n) is 3.54. The minimum absolute atomic E-state index is 0.0120. The van der Waals surface area contributed by atoms with Crippen molar-refractivity contribution in [1.82, 2.24) is 15.2 Å². The Hall–Kier alpha value is -2.66. The van der Waals surface area contributed by atoms with Crippen molar-refractivity contribution in [3.63, 3.8) is 0 Å². The summed E-state index contributed by atoms with van der Waals surface area (Å²) in [5, 5.41) is 6.00. The second-order valence-electron chi connectivity index (χ2n) is 6.82. The van der Waals surface area contributed by atoms with Crippen molar-refractivity contribution in [2.45, 2.75) is 25.3 Å². The maximum atomic E-state index is 12.5. The molecular formula is C22H23N3OS. The minimum Gasteiger partial charge on any atom is -0.331 e. The van der Waals surface area contributed by atoms with Gasteiger partial charge in [0, 0.05) is 24.0 Å². The number of rotatable bonds is 4. The number of piperidine rings is 1. The fourth-order valence-corrected chi connectivity index (χ4v) is 4.28. The van der Waals surface area contributed by atoms with E-state index in [1.807, 2.05) is 46.7 Å². The highest BCUT2D eigenvalue weighted by Gasteiger charge is 2.23. The third-order valence-electron chi connectivity index (χ3n) is 5.07. The Balaban J connectivity index is 1.27. The Morgan fingerprint density at radius 1 is 1.04 bits per heavy atom. The van der Waals surface area contributed by atoms with Crippen molar-refractivity contribution in [3.05, 3.63) is 76.6 Å². The van der Waals surface area contributed by atoms with Gasteiger partial charge in [0.2, 0.25) is 0 Å². The molecule has 0 spiro atoms. The van der Waals surface area contributed by atoms with Crippen LogP contribution in [0.2, 0.25) is 0 Å². The molecule has 4 nitrogen and oxygen atoms in total. The summed E-state index contributed by atoms with van der Waals surface area (Å²) in [6.45, 7) is 2.09. The maximum absolute atomic E-state index is 12.5. The number of hydrogen-bond donors (Lipinski definition) is 1. The minimum atomic E-state index is 0.0120. The number of benzene rings is 2. The summed E-state index contributed by atoms with van der Waals surface area (Å²) in [5.41, 5.74) is 3.46. The zero-order valence-electron chi connectivity index (χ0n) is 15.2. The van der Waals surface area contributed by atoms with E-state index in [1.165, 1.54) is 5.56 Å². The molecule has 0 bridgehead atoms. The smallest absolute Gasteiger partial charge is 0.317 e. The molecule has 1 N–H and O–H groups in total. The molecule has 2 amide bonds. The van der Waals surface area contributed by atoms with Crippen LogP contribution in [0.3, 0.4) is 0 Å². The van der Waals surface area contributed by atoms with Gasteiger partial charge in [0.1, 0.15) is 5.01 Å². The summed E-state index contributed by atoms with van der Waals surface area (Å²) >= 11 is 1.59. The lowest BCUT2D eigenvalue weighted by molar-refractivity contribution is 0.181. The third-order valence-corrected chi connectivity index (χ3v) is 5.91. The predicted molar refractivity (Wildman–Crippen MR) is 110 cm³/mol. The third kappa shape index (κ3) is 4.37. The number of carbonyl (C=O) groups excluding carboxylic acids is 1. The molecule has 1 aliphatic rings. The van der Waals surface area contributed by atoms with E-state index in [1.54, 1.807) is 11.3 Å². The van der Waals surface area contributed by atoms with Crippen LogP contribution in [0.25, 0.3) is 11.3 Å². The number of nitrogens with zero attached hydrogens (tertiary/aromatic N) is 2. The van der Waals surface area contributed by atoms with Crippen LogP contribution in [0.5, 0.6) is 0 Å². The average molecular weight is 378 g/mol. The molecular weight excluding hydrogens is 354 g/mol. The standard InChI is InChI=1S/C22H23N3OS/c26-22(25-13-11-18(12-14-25)17-7-3-1-4-8-17)23-15-21-24-20(16-27-21)19-9-5-2-6-10-19/h1-10,16,18H,11-15H2,(H,23,26). The molecule has 4 rings (SSSR count). The molecule has 0 radical (unpaired) electrons. The van der Waals surface area contributed by atoms with Gasteiger partial charge in [-0.05, 0) is 24.3 Å². The number of nitrogens with one attached hydrogen (secondary N) is 1. The number of carbonyl (C=O) groups is 1. The lowest BCUT2D eigenvalue weighted by Gasteiger charge is -2.32. The number of aromatic nitrogens is 1. The van der Waals surface area contributed by atoms with Gasteiger partial charge in [-0.2, -0.15) is 0 Å². The van der Waals surface area contributed by atoms with Gasteiger partial charge in [-0.15, -0.1) is 11.3 Å². The van der Waals surface area contributed by atoms with Crippen molar-refractivity contribution >= 4 is 17.4 Å². The number of thiazole rings is 1. The van der Waals surface area contributed by atoms with E-state index in [9.17, 15) is 4.79 Å². The van der Waals surface area contributed by atoms with Crippen LogP contribution in [-0.2, 0) is 6.54 Å². The first-order valence-electron chi connectivity index (χ1n) is 9.37. The van der Waals surface area contributed by atoms with E-state index < -0.39 is 0 Å². The SMILES string of the molecule is O=C(NCc1nc(-c2ccccc2)cs1)N1CCC(c2ccccc2)CC1. The quantitative estimate of drug-likeness (QED) is 0.703. The predicted octanol–water partition coefficient (Wildman–Crippen LogP) is 4.90. The molecule has 1 saturated heterocycles. The van der Waals surface area contributed by atoms with Crippen LogP contribution >= 0.6 is 11.3 Å². The van der Waals surface area contributed by atoms with E-state index in [0.717, 1.165) is 42.2 Å². The van der Waals surface area contributed by atoms with Gasteiger partial charge in [-0.25, -0.2) is 9.78 Å². The van der Waals surface area contributed by atoms with Crippen molar-refractivity contribution < 1.29 is 4.79 Å². The van der Waals surface area contributed by atoms with Gasteiger partial charge in [0.05, 0.1) is 12.2 Å². The molecule has 0 atom stereocenters. The summed E-state index contributed by atoms with van der Waals surface area (Å²) < 4.78 is 0. The molecule has 0 saturated carbocycles. The van der Waals surface area contributed by atoms with Crippen LogP contribution < -0.4 is 5.32 Å². The van der Waals surface area contributed by atoms with E-state index >= 15 is 0 Å². The summed E-state index contributed by atoms with van der Waals surface area (Å²) in [7, 11) is 0. The summed E-state index contributed by atoms with van der Waals surface area (Å²) in [6, 6.07) is 20.7. The molecule has 3 aromatic rings. The molecule has 27 heavy (non-hydrogen) atoms. The summed E-state index contributed by atoms with van der Waals surface area (Å²) in [5.74, 6) is 0.558. The Labute approximate surface area is 163 Å². The largest absolute Gasteiger partial charge is 0.331 e. The molecule has 1 aromatic heterocycles. The van der Waals surface area contributed by atoms with Crippen LogP contribution in [0.15, 0.2) is 66.0 Å². The zero-order valence-corrected chi connectivity index (χ0v) is 16.0. The molecule has 1 aliphatic heterocycles. The average Bonchev–Trinajstić information content (AvgIpc) is 3.22. The Morgan fingerprint density at radius 2 is 1.70 bits per heavy atom. The maximum Gasteiger partial charge on any atom is 0.317 e. The normalized spacial score (nSPS) is 14.9. The first kappa shape index (κ1) is 17.7. The molecule has 5 heteroatoms. The molecule has 2 aromatic carbocycles. The van der Waals surface area contributed by atoms with Crippen molar-refractivity contribution in [1.29, 1.82) is 0 Å². The number of likely N-dealkylation sites (tertiary alicyclic amines) is 1. The van der Waals surface area contributed by atoms with E-state index in [0.29, 0.717) is 12.5 Å². The summed E-state index contributed by atoms with van der Waals surface area (Å²) in [6.07, 6.45) is 2.04. The first-order valence-corrected chi connectivity index (χ1v) is 10.2. The first-order chi connectivity index (χ1) is 13.3. The number of hydrogen-bond acceptors (Lipinski definition) is 3. The molecule has 138 valence electrons. The van der Waals surface area contributed by atoms with E-state index in [2.05, 4.69) is 34.6 Å². The highest BCUT2D eigenvalue weighted by molar-refractivity contribution is 7.09. The van der Waals surface area contributed by atoms with Gasteiger partial charge < -0.3 is 10.2 Å². The van der Waals surface area contributed by atoms with Crippen molar-refractivity contribution in [2.24, 2.45) is 0 Å². The lowest BCUT2D eigenvalue weighted by atomic mass is 9.90. The second kappa shape index (κ2) is 8.35. The monoisotopic (exact) mass is 377 g/mol. The molecule has 1 fully saturated rings. The zero-order chi connectivity index (χ0) is 18.5. The van der Waals surface area contributed by atoms with Crippen LogP contribution in [0, 0.1) is 0 Å².